The zero-order chi connectivity index (χ0) is 15.8. The molecule has 118 valence electrons. The molecule has 0 radical (unpaired) electrons. The Balaban J connectivity index is 2.27. The first kappa shape index (κ1) is 16.2. The molecular formula is C15H25N3O2S. The number of rotatable bonds is 3. The SMILES string of the molecule is CCCn1nc(C)c(C(=O)N2CC[S@@](=O)C(C)(C)C2)c1C. The van der Waals surface area contributed by atoms with Crippen molar-refractivity contribution >= 4 is 16.7 Å². The van der Waals surface area contributed by atoms with E-state index in [9.17, 15) is 9.00 Å². The van der Waals surface area contributed by atoms with Crippen LogP contribution in [-0.2, 0) is 17.3 Å². The molecule has 1 aliphatic rings. The smallest absolute Gasteiger partial charge is 0.257 e. The van der Waals surface area contributed by atoms with E-state index in [2.05, 4.69) is 12.0 Å². The molecule has 1 saturated heterocycles. The van der Waals surface area contributed by atoms with E-state index in [1.807, 2.05) is 37.3 Å². The van der Waals surface area contributed by atoms with Crippen molar-refractivity contribution < 1.29 is 9.00 Å². The molecule has 0 N–H and O–H groups in total. The first-order chi connectivity index (χ1) is 9.77. The highest BCUT2D eigenvalue weighted by Crippen LogP contribution is 2.23. The van der Waals surface area contributed by atoms with Crippen LogP contribution in [0.25, 0.3) is 0 Å². The summed E-state index contributed by atoms with van der Waals surface area (Å²) in [7, 11) is -0.867. The topological polar surface area (TPSA) is 55.2 Å². The van der Waals surface area contributed by atoms with Gasteiger partial charge < -0.3 is 4.90 Å². The van der Waals surface area contributed by atoms with Crippen molar-refractivity contribution in [2.24, 2.45) is 0 Å². The van der Waals surface area contributed by atoms with Crippen LogP contribution in [0.5, 0.6) is 0 Å². The lowest BCUT2D eigenvalue weighted by atomic mass is 10.1. The Morgan fingerprint density at radius 2 is 2.05 bits per heavy atom. The van der Waals surface area contributed by atoms with Crippen molar-refractivity contribution in [2.75, 3.05) is 18.8 Å². The Labute approximate surface area is 129 Å². The summed E-state index contributed by atoms with van der Waals surface area (Å²) in [5, 5.41) is 4.48. The summed E-state index contributed by atoms with van der Waals surface area (Å²) in [4.78, 5) is 14.7. The number of carbonyl (C=O) groups excluding carboxylic acids is 1. The number of hydrogen-bond donors (Lipinski definition) is 0. The Morgan fingerprint density at radius 1 is 1.38 bits per heavy atom. The third kappa shape index (κ3) is 3.05. The summed E-state index contributed by atoms with van der Waals surface area (Å²) in [6.45, 7) is 11.8. The summed E-state index contributed by atoms with van der Waals surface area (Å²) < 4.78 is 13.6. The van der Waals surface area contributed by atoms with Gasteiger partial charge >= 0.3 is 0 Å². The van der Waals surface area contributed by atoms with Crippen molar-refractivity contribution in [3.05, 3.63) is 17.0 Å². The Morgan fingerprint density at radius 3 is 2.62 bits per heavy atom. The van der Waals surface area contributed by atoms with Gasteiger partial charge in [-0.15, -0.1) is 0 Å². The molecule has 0 spiro atoms. The predicted octanol–water partition coefficient (Wildman–Crippen LogP) is 1.89. The second-order valence-electron chi connectivity index (χ2n) is 6.31. The third-order valence-electron chi connectivity index (χ3n) is 4.05. The minimum Gasteiger partial charge on any atom is -0.336 e. The predicted molar refractivity (Wildman–Crippen MR) is 85.0 cm³/mol. The normalized spacial score (nSPS) is 21.6. The maximum atomic E-state index is 12.8. The van der Waals surface area contributed by atoms with Crippen LogP contribution >= 0.6 is 0 Å². The largest absolute Gasteiger partial charge is 0.336 e. The fourth-order valence-electron chi connectivity index (χ4n) is 2.85. The van der Waals surface area contributed by atoms with Crippen LogP contribution in [-0.4, -0.2) is 48.4 Å². The van der Waals surface area contributed by atoms with Crippen molar-refractivity contribution in [2.45, 2.75) is 52.3 Å². The van der Waals surface area contributed by atoms with Gasteiger partial charge in [0.05, 0.1) is 16.0 Å². The summed E-state index contributed by atoms with van der Waals surface area (Å²) in [6.07, 6.45) is 0.991. The standard InChI is InChI=1S/C15H25N3O2S/c1-6-7-18-12(3)13(11(2)16-18)14(19)17-8-9-21(20)15(4,5)10-17/h6-10H2,1-5H3/t21-/m1/s1. The van der Waals surface area contributed by atoms with Gasteiger partial charge in [-0.2, -0.15) is 5.10 Å². The maximum Gasteiger partial charge on any atom is 0.257 e. The fraction of sp³-hybridized carbons (Fsp3) is 0.733. The van der Waals surface area contributed by atoms with Gasteiger partial charge in [-0.3, -0.25) is 13.7 Å². The Bertz CT molecular complexity index is 578. The van der Waals surface area contributed by atoms with Gasteiger partial charge in [0.25, 0.3) is 5.91 Å². The second kappa shape index (κ2) is 5.91. The van der Waals surface area contributed by atoms with Crippen molar-refractivity contribution in [3.63, 3.8) is 0 Å². The molecule has 0 unspecified atom stereocenters. The van der Waals surface area contributed by atoms with Crippen LogP contribution in [0.3, 0.4) is 0 Å². The molecule has 1 fully saturated rings. The van der Waals surface area contributed by atoms with E-state index in [1.165, 1.54) is 0 Å². The molecule has 2 heterocycles. The van der Waals surface area contributed by atoms with Gasteiger partial charge in [-0.1, -0.05) is 6.92 Å². The minimum absolute atomic E-state index is 0.0251. The van der Waals surface area contributed by atoms with Gasteiger partial charge in [0.15, 0.2) is 0 Å². The molecule has 0 bridgehead atoms. The molecule has 5 nitrogen and oxygen atoms in total. The van der Waals surface area contributed by atoms with E-state index in [0.717, 1.165) is 24.4 Å². The van der Waals surface area contributed by atoms with Crippen molar-refractivity contribution in [1.82, 2.24) is 14.7 Å². The molecule has 21 heavy (non-hydrogen) atoms. The molecule has 1 atom stereocenters. The third-order valence-corrected chi connectivity index (χ3v) is 5.97. The molecular weight excluding hydrogens is 286 g/mol. The van der Waals surface area contributed by atoms with E-state index in [0.29, 0.717) is 24.4 Å². The number of aromatic nitrogens is 2. The van der Waals surface area contributed by atoms with Crippen molar-refractivity contribution in [1.29, 1.82) is 0 Å². The van der Waals surface area contributed by atoms with Gasteiger partial charge in [0, 0.05) is 41.9 Å². The summed E-state index contributed by atoms with van der Waals surface area (Å²) in [5.41, 5.74) is 2.44. The van der Waals surface area contributed by atoms with Gasteiger partial charge in [0.1, 0.15) is 0 Å². The van der Waals surface area contributed by atoms with Gasteiger partial charge in [-0.25, -0.2) is 0 Å². The lowest BCUT2D eigenvalue weighted by molar-refractivity contribution is 0.0744. The maximum absolute atomic E-state index is 12.8. The average molecular weight is 311 g/mol. The minimum atomic E-state index is -0.867. The van der Waals surface area contributed by atoms with Crippen LogP contribution in [0.4, 0.5) is 0 Å². The molecule has 2 rings (SSSR count). The first-order valence-corrected chi connectivity index (χ1v) is 8.81. The monoisotopic (exact) mass is 311 g/mol. The summed E-state index contributed by atoms with van der Waals surface area (Å²) >= 11 is 0. The van der Waals surface area contributed by atoms with E-state index in [4.69, 9.17) is 0 Å². The first-order valence-electron chi connectivity index (χ1n) is 7.49. The number of hydrogen-bond acceptors (Lipinski definition) is 3. The fourth-order valence-corrected chi connectivity index (χ4v) is 4.09. The Hall–Kier alpha value is -1.17. The number of nitrogens with zero attached hydrogens (tertiary/aromatic N) is 3. The average Bonchev–Trinajstić information content (AvgIpc) is 2.67. The lowest BCUT2D eigenvalue weighted by Gasteiger charge is -2.37. The van der Waals surface area contributed by atoms with E-state index in [-0.39, 0.29) is 10.7 Å². The van der Waals surface area contributed by atoms with E-state index >= 15 is 0 Å². The van der Waals surface area contributed by atoms with E-state index in [1.54, 1.807) is 0 Å². The number of aryl methyl sites for hydroxylation is 2. The lowest BCUT2D eigenvalue weighted by Crippen LogP contribution is -2.52. The quantitative estimate of drug-likeness (QED) is 0.856. The van der Waals surface area contributed by atoms with E-state index < -0.39 is 10.8 Å². The number of amides is 1. The summed E-state index contributed by atoms with van der Waals surface area (Å²) in [5.74, 6) is 0.581. The van der Waals surface area contributed by atoms with Crippen LogP contribution in [0.2, 0.25) is 0 Å². The van der Waals surface area contributed by atoms with Crippen LogP contribution < -0.4 is 0 Å². The zero-order valence-corrected chi connectivity index (χ0v) is 14.4. The molecule has 1 aromatic heterocycles. The van der Waals surface area contributed by atoms with Crippen molar-refractivity contribution in [3.8, 4) is 0 Å². The highest BCUT2D eigenvalue weighted by atomic mass is 32.2. The molecule has 0 saturated carbocycles. The molecule has 1 aliphatic heterocycles. The molecule has 6 heteroatoms. The summed E-state index contributed by atoms with van der Waals surface area (Å²) in [6, 6.07) is 0. The Kier molecular flexibility index (Phi) is 4.56. The molecule has 1 aromatic rings. The highest BCUT2D eigenvalue weighted by molar-refractivity contribution is 7.86. The van der Waals surface area contributed by atoms with Gasteiger partial charge in [-0.05, 0) is 34.1 Å². The number of carbonyl (C=O) groups is 1. The molecule has 1 amide bonds. The van der Waals surface area contributed by atoms with Crippen LogP contribution in [0, 0.1) is 13.8 Å². The molecule has 0 aliphatic carbocycles. The van der Waals surface area contributed by atoms with Crippen LogP contribution in [0.15, 0.2) is 0 Å². The highest BCUT2D eigenvalue weighted by Gasteiger charge is 2.36. The van der Waals surface area contributed by atoms with Crippen LogP contribution in [0.1, 0.15) is 48.9 Å². The molecule has 0 aromatic carbocycles. The zero-order valence-electron chi connectivity index (χ0n) is 13.6. The van der Waals surface area contributed by atoms with Gasteiger partial charge in [0.2, 0.25) is 0 Å². The second-order valence-corrected chi connectivity index (χ2v) is 8.51.